The lowest BCUT2D eigenvalue weighted by Crippen LogP contribution is -2.02. The van der Waals surface area contributed by atoms with Crippen LogP contribution in [0.2, 0.25) is 0 Å². The van der Waals surface area contributed by atoms with E-state index in [1.807, 2.05) is 0 Å². The minimum absolute atomic E-state index is 0.0487. The Morgan fingerprint density at radius 2 is 2.50 bits per heavy atom. The summed E-state index contributed by atoms with van der Waals surface area (Å²) in [5, 5.41) is 14.2. The van der Waals surface area contributed by atoms with Crippen LogP contribution in [-0.4, -0.2) is 28.4 Å². The first-order valence-electron chi connectivity index (χ1n) is 4.11. The zero-order valence-corrected chi connectivity index (χ0v) is 7.84. The molecule has 0 amide bonds. The number of aryl methyl sites for hydroxylation is 1. The van der Waals surface area contributed by atoms with E-state index in [2.05, 4.69) is 5.10 Å². The number of nitro groups is 1. The summed E-state index contributed by atoms with van der Waals surface area (Å²) < 4.78 is 6.29. The number of hydrogen-bond donors (Lipinski definition) is 1. The molecule has 0 atom stereocenters. The topological polar surface area (TPSA) is 96.2 Å². The number of anilines is 1. The Morgan fingerprint density at radius 3 is 3.00 bits per heavy atom. The normalized spacial score (nSPS) is 10.4. The summed E-state index contributed by atoms with van der Waals surface area (Å²) in [6.45, 7) is 1.15. The molecule has 0 spiro atoms. The van der Waals surface area contributed by atoms with E-state index in [-0.39, 0.29) is 11.5 Å². The quantitative estimate of drug-likeness (QED) is 0.422. The largest absolute Gasteiger partial charge is 0.385 e. The van der Waals surface area contributed by atoms with Gasteiger partial charge in [-0.3, -0.25) is 14.8 Å². The number of aromatic nitrogens is 2. The molecule has 0 unspecified atom stereocenters. The third-order valence-electron chi connectivity index (χ3n) is 1.70. The summed E-state index contributed by atoms with van der Waals surface area (Å²) in [4.78, 5) is 9.87. The van der Waals surface area contributed by atoms with Gasteiger partial charge < -0.3 is 10.5 Å². The van der Waals surface area contributed by atoms with Crippen molar-refractivity contribution >= 4 is 11.5 Å². The van der Waals surface area contributed by atoms with Gasteiger partial charge in [-0.2, -0.15) is 0 Å². The molecule has 1 rings (SSSR count). The SMILES string of the molecule is COCCCn1cc([N+](=O)[O-])c(N)n1. The molecule has 0 fully saturated rings. The number of rotatable bonds is 5. The van der Waals surface area contributed by atoms with Gasteiger partial charge in [0, 0.05) is 20.3 Å². The van der Waals surface area contributed by atoms with Crippen molar-refractivity contribution in [2.24, 2.45) is 0 Å². The predicted octanol–water partition coefficient (Wildman–Crippen LogP) is 0.410. The molecule has 0 saturated carbocycles. The van der Waals surface area contributed by atoms with Crippen LogP contribution in [0.5, 0.6) is 0 Å². The van der Waals surface area contributed by atoms with Gasteiger partial charge >= 0.3 is 5.69 Å². The third kappa shape index (κ3) is 2.43. The van der Waals surface area contributed by atoms with E-state index in [4.69, 9.17) is 10.5 Å². The molecule has 2 N–H and O–H groups in total. The molecule has 0 aliphatic heterocycles. The summed E-state index contributed by atoms with van der Waals surface area (Å²) in [5.41, 5.74) is 5.19. The van der Waals surface area contributed by atoms with Gasteiger partial charge in [0.2, 0.25) is 5.82 Å². The molecule has 0 radical (unpaired) electrons. The van der Waals surface area contributed by atoms with Crippen molar-refractivity contribution in [1.29, 1.82) is 0 Å². The summed E-state index contributed by atoms with van der Waals surface area (Å²) in [5.74, 6) is -0.0487. The Kier molecular flexibility index (Phi) is 3.41. The molecule has 14 heavy (non-hydrogen) atoms. The van der Waals surface area contributed by atoms with Crippen molar-refractivity contribution in [3.8, 4) is 0 Å². The van der Waals surface area contributed by atoms with Crippen LogP contribution >= 0.6 is 0 Å². The lowest BCUT2D eigenvalue weighted by Gasteiger charge is -1.98. The predicted molar refractivity (Wildman–Crippen MR) is 49.8 cm³/mol. The average Bonchev–Trinajstić information content (AvgIpc) is 2.47. The van der Waals surface area contributed by atoms with Crippen LogP contribution in [0.4, 0.5) is 11.5 Å². The number of nitrogens with zero attached hydrogens (tertiary/aromatic N) is 3. The Labute approximate surface area is 80.6 Å². The lowest BCUT2D eigenvalue weighted by atomic mass is 10.4. The highest BCUT2D eigenvalue weighted by Crippen LogP contribution is 2.18. The Morgan fingerprint density at radius 1 is 1.79 bits per heavy atom. The van der Waals surface area contributed by atoms with Crippen molar-refractivity contribution in [2.75, 3.05) is 19.5 Å². The minimum atomic E-state index is -0.546. The third-order valence-corrected chi connectivity index (χ3v) is 1.70. The highest BCUT2D eigenvalue weighted by molar-refractivity contribution is 5.50. The molecule has 0 aliphatic rings. The molecular weight excluding hydrogens is 188 g/mol. The molecule has 78 valence electrons. The van der Waals surface area contributed by atoms with Crippen LogP contribution in [0.3, 0.4) is 0 Å². The van der Waals surface area contributed by atoms with Crippen LogP contribution < -0.4 is 5.73 Å². The van der Waals surface area contributed by atoms with Gasteiger partial charge in [-0.25, -0.2) is 0 Å². The van der Waals surface area contributed by atoms with Crippen LogP contribution in [0.15, 0.2) is 6.20 Å². The van der Waals surface area contributed by atoms with Gasteiger partial charge in [0.15, 0.2) is 0 Å². The molecule has 0 aromatic carbocycles. The molecule has 0 aliphatic carbocycles. The maximum Gasteiger partial charge on any atom is 0.330 e. The zero-order valence-electron chi connectivity index (χ0n) is 7.84. The molecule has 1 aromatic rings. The Bertz CT molecular complexity index is 323. The van der Waals surface area contributed by atoms with E-state index in [0.717, 1.165) is 6.42 Å². The fourth-order valence-electron chi connectivity index (χ4n) is 1.05. The Balaban J connectivity index is 2.62. The number of nitrogen functional groups attached to an aromatic ring is 1. The maximum atomic E-state index is 10.4. The molecular formula is C7H12N4O3. The van der Waals surface area contributed by atoms with E-state index >= 15 is 0 Å². The first kappa shape index (κ1) is 10.5. The van der Waals surface area contributed by atoms with Gasteiger partial charge in [0.25, 0.3) is 0 Å². The van der Waals surface area contributed by atoms with Crippen LogP contribution in [-0.2, 0) is 11.3 Å². The number of hydrogen-bond acceptors (Lipinski definition) is 5. The summed E-state index contributed by atoms with van der Waals surface area (Å²) >= 11 is 0. The minimum Gasteiger partial charge on any atom is -0.385 e. The summed E-state index contributed by atoms with van der Waals surface area (Å²) in [6, 6.07) is 0. The molecule has 7 nitrogen and oxygen atoms in total. The van der Waals surface area contributed by atoms with Gasteiger partial charge in [0.1, 0.15) is 6.20 Å². The summed E-state index contributed by atoms with van der Waals surface area (Å²) in [7, 11) is 1.60. The van der Waals surface area contributed by atoms with Crippen molar-refractivity contribution in [2.45, 2.75) is 13.0 Å². The molecule has 1 heterocycles. The fraction of sp³-hybridized carbons (Fsp3) is 0.571. The standard InChI is InChI=1S/C7H12N4O3/c1-14-4-2-3-10-5-6(11(12)13)7(8)9-10/h5H,2-4H2,1H3,(H2,8,9). The number of methoxy groups -OCH3 is 1. The number of ether oxygens (including phenoxy) is 1. The monoisotopic (exact) mass is 200 g/mol. The highest BCUT2D eigenvalue weighted by atomic mass is 16.6. The second kappa shape index (κ2) is 4.56. The Hall–Kier alpha value is -1.63. The second-order valence-corrected chi connectivity index (χ2v) is 2.77. The molecule has 1 aromatic heterocycles. The van der Waals surface area contributed by atoms with Crippen molar-refractivity contribution in [3.05, 3.63) is 16.3 Å². The van der Waals surface area contributed by atoms with Crippen molar-refractivity contribution < 1.29 is 9.66 Å². The fourth-order valence-corrected chi connectivity index (χ4v) is 1.05. The lowest BCUT2D eigenvalue weighted by molar-refractivity contribution is -0.384. The van der Waals surface area contributed by atoms with E-state index in [9.17, 15) is 10.1 Å². The molecule has 0 saturated heterocycles. The van der Waals surface area contributed by atoms with E-state index in [0.29, 0.717) is 13.2 Å². The molecule has 7 heteroatoms. The van der Waals surface area contributed by atoms with Gasteiger partial charge in [-0.05, 0) is 6.42 Å². The van der Waals surface area contributed by atoms with Gasteiger partial charge in [-0.15, -0.1) is 5.10 Å². The van der Waals surface area contributed by atoms with Gasteiger partial charge in [0.05, 0.1) is 4.92 Å². The van der Waals surface area contributed by atoms with E-state index < -0.39 is 4.92 Å². The van der Waals surface area contributed by atoms with E-state index in [1.54, 1.807) is 7.11 Å². The molecule has 0 bridgehead atoms. The smallest absolute Gasteiger partial charge is 0.330 e. The zero-order chi connectivity index (χ0) is 10.6. The maximum absolute atomic E-state index is 10.4. The first-order chi connectivity index (χ1) is 6.65. The second-order valence-electron chi connectivity index (χ2n) is 2.77. The van der Waals surface area contributed by atoms with E-state index in [1.165, 1.54) is 10.9 Å². The van der Waals surface area contributed by atoms with Gasteiger partial charge in [-0.1, -0.05) is 0 Å². The average molecular weight is 200 g/mol. The van der Waals surface area contributed by atoms with Crippen molar-refractivity contribution in [3.63, 3.8) is 0 Å². The van der Waals surface area contributed by atoms with Crippen LogP contribution in [0, 0.1) is 10.1 Å². The highest BCUT2D eigenvalue weighted by Gasteiger charge is 2.15. The van der Waals surface area contributed by atoms with Crippen LogP contribution in [0.25, 0.3) is 0 Å². The first-order valence-corrected chi connectivity index (χ1v) is 4.11. The van der Waals surface area contributed by atoms with Crippen molar-refractivity contribution in [1.82, 2.24) is 9.78 Å². The number of nitrogens with two attached hydrogens (primary N) is 1. The summed E-state index contributed by atoms with van der Waals surface area (Å²) in [6.07, 6.45) is 2.07. The van der Waals surface area contributed by atoms with Crippen LogP contribution in [0.1, 0.15) is 6.42 Å².